The molecule has 0 N–H and O–H groups in total. The van der Waals surface area contributed by atoms with Crippen LogP contribution in [0.1, 0.15) is 70.4 Å². The molecule has 0 saturated heterocycles. The van der Waals surface area contributed by atoms with Gasteiger partial charge in [-0.3, -0.25) is 0 Å². The van der Waals surface area contributed by atoms with Gasteiger partial charge in [0.25, 0.3) is 0 Å². The van der Waals surface area contributed by atoms with Gasteiger partial charge in [-0.25, -0.2) is 0 Å². The average molecular weight is 425 g/mol. The van der Waals surface area contributed by atoms with Gasteiger partial charge in [0.2, 0.25) is 0 Å². The van der Waals surface area contributed by atoms with Gasteiger partial charge >= 0.3 is 0 Å². The number of hydrogen-bond acceptors (Lipinski definition) is 4. The van der Waals surface area contributed by atoms with E-state index in [0.29, 0.717) is 13.0 Å². The summed E-state index contributed by atoms with van der Waals surface area (Å²) in [5, 5.41) is 0. The SMILES string of the molecule is CCCCOC1=C(c2ccc(OCCCC)cc2)Oc2cccc(OCCCC)c2C1. The van der Waals surface area contributed by atoms with Crippen LogP contribution in [-0.2, 0) is 11.2 Å². The molecule has 2 aromatic carbocycles. The zero-order valence-electron chi connectivity index (χ0n) is 19.2. The van der Waals surface area contributed by atoms with E-state index in [1.54, 1.807) is 0 Å². The molecule has 2 aromatic rings. The first kappa shape index (κ1) is 23.1. The maximum atomic E-state index is 6.38. The van der Waals surface area contributed by atoms with Crippen molar-refractivity contribution in [3.63, 3.8) is 0 Å². The second-order valence-corrected chi connectivity index (χ2v) is 7.89. The van der Waals surface area contributed by atoms with Crippen molar-refractivity contribution in [2.75, 3.05) is 19.8 Å². The molecule has 1 heterocycles. The number of fused-ring (bicyclic) bond motifs is 1. The van der Waals surface area contributed by atoms with Gasteiger partial charge in [-0.05, 0) is 55.7 Å². The summed E-state index contributed by atoms with van der Waals surface area (Å²) in [5.41, 5.74) is 2.06. The highest BCUT2D eigenvalue weighted by Crippen LogP contribution is 2.40. The Morgan fingerprint density at radius 3 is 2.06 bits per heavy atom. The Kier molecular flexibility index (Phi) is 9.14. The molecule has 0 bridgehead atoms. The van der Waals surface area contributed by atoms with Crippen molar-refractivity contribution in [1.82, 2.24) is 0 Å². The highest BCUT2D eigenvalue weighted by Gasteiger charge is 2.25. The van der Waals surface area contributed by atoms with Crippen molar-refractivity contribution < 1.29 is 18.9 Å². The van der Waals surface area contributed by atoms with Gasteiger partial charge in [0.15, 0.2) is 5.76 Å². The van der Waals surface area contributed by atoms with Crippen molar-refractivity contribution in [1.29, 1.82) is 0 Å². The summed E-state index contributed by atoms with van der Waals surface area (Å²) in [6, 6.07) is 14.1. The molecule has 0 atom stereocenters. The number of rotatable bonds is 13. The summed E-state index contributed by atoms with van der Waals surface area (Å²) in [4.78, 5) is 0. The normalized spacial score (nSPS) is 12.9. The summed E-state index contributed by atoms with van der Waals surface area (Å²) in [6.07, 6.45) is 7.12. The first-order valence-corrected chi connectivity index (χ1v) is 11.8. The Morgan fingerprint density at radius 2 is 1.39 bits per heavy atom. The summed E-state index contributed by atoms with van der Waals surface area (Å²) in [6.45, 7) is 8.65. The van der Waals surface area contributed by atoms with Crippen LogP contribution in [0, 0.1) is 0 Å². The van der Waals surface area contributed by atoms with E-state index in [1.807, 2.05) is 42.5 Å². The van der Waals surface area contributed by atoms with Gasteiger partial charge in [-0.2, -0.15) is 0 Å². The monoisotopic (exact) mass is 424 g/mol. The van der Waals surface area contributed by atoms with Crippen LogP contribution in [0.5, 0.6) is 17.2 Å². The Balaban J connectivity index is 1.83. The van der Waals surface area contributed by atoms with Gasteiger partial charge in [-0.1, -0.05) is 46.1 Å². The van der Waals surface area contributed by atoms with E-state index in [0.717, 1.165) is 91.6 Å². The van der Waals surface area contributed by atoms with E-state index < -0.39 is 0 Å². The van der Waals surface area contributed by atoms with Crippen molar-refractivity contribution in [3.05, 3.63) is 59.4 Å². The summed E-state index contributed by atoms with van der Waals surface area (Å²) < 4.78 is 24.4. The molecule has 0 radical (unpaired) electrons. The number of benzene rings is 2. The average Bonchev–Trinajstić information content (AvgIpc) is 2.80. The van der Waals surface area contributed by atoms with E-state index in [1.165, 1.54) is 0 Å². The van der Waals surface area contributed by atoms with E-state index in [2.05, 4.69) is 20.8 Å². The number of unbranched alkanes of at least 4 members (excludes halogenated alkanes) is 3. The quantitative estimate of drug-likeness (QED) is 0.320. The third kappa shape index (κ3) is 6.43. The van der Waals surface area contributed by atoms with Crippen molar-refractivity contribution in [2.24, 2.45) is 0 Å². The molecule has 0 aliphatic carbocycles. The topological polar surface area (TPSA) is 36.9 Å². The fourth-order valence-electron chi connectivity index (χ4n) is 3.40. The number of ether oxygens (including phenoxy) is 4. The number of hydrogen-bond donors (Lipinski definition) is 0. The molecule has 0 saturated carbocycles. The van der Waals surface area contributed by atoms with Crippen LogP contribution < -0.4 is 14.2 Å². The molecule has 1 aliphatic rings. The number of allylic oxidation sites excluding steroid dienone is 1. The maximum Gasteiger partial charge on any atom is 0.172 e. The Bertz CT molecular complexity index is 839. The zero-order valence-corrected chi connectivity index (χ0v) is 19.2. The summed E-state index contributed by atoms with van der Waals surface area (Å²) in [5.74, 6) is 4.27. The van der Waals surface area contributed by atoms with Crippen LogP contribution >= 0.6 is 0 Å². The highest BCUT2D eigenvalue weighted by atomic mass is 16.5. The van der Waals surface area contributed by atoms with Crippen LogP contribution in [0.2, 0.25) is 0 Å². The first-order valence-electron chi connectivity index (χ1n) is 11.8. The second-order valence-electron chi connectivity index (χ2n) is 7.89. The third-order valence-corrected chi connectivity index (χ3v) is 5.31. The lowest BCUT2D eigenvalue weighted by molar-refractivity contribution is 0.191. The third-order valence-electron chi connectivity index (χ3n) is 5.31. The maximum absolute atomic E-state index is 6.38. The van der Waals surface area contributed by atoms with E-state index in [4.69, 9.17) is 18.9 Å². The molecule has 168 valence electrons. The van der Waals surface area contributed by atoms with E-state index in [-0.39, 0.29) is 0 Å². The Hall–Kier alpha value is -2.62. The molecule has 0 fully saturated rings. The summed E-state index contributed by atoms with van der Waals surface area (Å²) >= 11 is 0. The molecule has 0 spiro atoms. The zero-order chi connectivity index (χ0) is 21.9. The molecule has 0 amide bonds. The van der Waals surface area contributed by atoms with Crippen LogP contribution in [-0.4, -0.2) is 19.8 Å². The van der Waals surface area contributed by atoms with Crippen LogP contribution in [0.15, 0.2) is 48.2 Å². The molecule has 4 nitrogen and oxygen atoms in total. The van der Waals surface area contributed by atoms with Gasteiger partial charge in [-0.15, -0.1) is 0 Å². The fourth-order valence-corrected chi connectivity index (χ4v) is 3.40. The molecule has 4 heteroatoms. The lowest BCUT2D eigenvalue weighted by Crippen LogP contribution is -2.14. The predicted molar refractivity (Wildman–Crippen MR) is 126 cm³/mol. The Labute approximate surface area is 187 Å². The van der Waals surface area contributed by atoms with Crippen LogP contribution in [0.3, 0.4) is 0 Å². The minimum absolute atomic E-state index is 0.672. The van der Waals surface area contributed by atoms with Gasteiger partial charge in [0.1, 0.15) is 23.0 Å². The van der Waals surface area contributed by atoms with Crippen LogP contribution in [0.4, 0.5) is 0 Å². The minimum atomic E-state index is 0.672. The molecular weight excluding hydrogens is 388 g/mol. The van der Waals surface area contributed by atoms with E-state index >= 15 is 0 Å². The van der Waals surface area contributed by atoms with Crippen molar-refractivity contribution >= 4 is 5.76 Å². The molecular formula is C27H36O4. The molecule has 0 aromatic heterocycles. The van der Waals surface area contributed by atoms with Gasteiger partial charge in [0, 0.05) is 17.5 Å². The predicted octanol–water partition coefficient (Wildman–Crippen LogP) is 7.16. The van der Waals surface area contributed by atoms with Crippen LogP contribution in [0.25, 0.3) is 5.76 Å². The first-order chi connectivity index (χ1) is 15.3. The van der Waals surface area contributed by atoms with E-state index in [9.17, 15) is 0 Å². The minimum Gasteiger partial charge on any atom is -0.494 e. The summed E-state index contributed by atoms with van der Waals surface area (Å²) in [7, 11) is 0. The molecule has 3 rings (SSSR count). The molecule has 31 heavy (non-hydrogen) atoms. The van der Waals surface area contributed by atoms with Crippen molar-refractivity contribution in [2.45, 2.75) is 65.7 Å². The molecule has 1 aliphatic heterocycles. The lowest BCUT2D eigenvalue weighted by Gasteiger charge is -2.25. The highest BCUT2D eigenvalue weighted by molar-refractivity contribution is 5.69. The van der Waals surface area contributed by atoms with Crippen molar-refractivity contribution in [3.8, 4) is 17.2 Å². The standard InChI is InChI=1S/C27H36O4/c1-4-7-17-28-22-15-13-21(14-16-22)27-26(30-19-9-6-3)20-23-24(29-18-8-5-2)11-10-12-25(23)31-27/h10-16H,4-9,17-20H2,1-3H3. The second kappa shape index (κ2) is 12.3. The molecule has 0 unspecified atom stereocenters. The lowest BCUT2D eigenvalue weighted by atomic mass is 10.0. The fraction of sp³-hybridized carbons (Fsp3) is 0.481. The van der Waals surface area contributed by atoms with Gasteiger partial charge < -0.3 is 18.9 Å². The smallest absolute Gasteiger partial charge is 0.172 e. The Morgan fingerprint density at radius 1 is 0.742 bits per heavy atom. The van der Waals surface area contributed by atoms with Gasteiger partial charge in [0.05, 0.1) is 19.8 Å². The largest absolute Gasteiger partial charge is 0.494 e.